The highest BCUT2D eigenvalue weighted by Crippen LogP contribution is 2.52. The zero-order valence-corrected chi connectivity index (χ0v) is 27.0. The maximum absolute atomic E-state index is 14.6. The molecule has 0 bridgehead atoms. The molecule has 10 heteroatoms. The topological polar surface area (TPSA) is 96.4 Å². The third-order valence-corrected chi connectivity index (χ3v) is 12.7. The van der Waals surface area contributed by atoms with E-state index in [2.05, 4.69) is 4.90 Å². The summed E-state index contributed by atoms with van der Waals surface area (Å²) in [4.78, 5) is 14.1. The molecule has 244 valence electrons. The van der Waals surface area contributed by atoms with Crippen LogP contribution < -0.4 is 9.64 Å². The third-order valence-electron chi connectivity index (χ3n) is 10.8. The number of ether oxygens (including phenoxy) is 2. The van der Waals surface area contributed by atoms with E-state index >= 15 is 0 Å². The number of para-hydroxylation sites is 1. The van der Waals surface area contributed by atoms with E-state index < -0.39 is 27.4 Å². The van der Waals surface area contributed by atoms with Crippen molar-refractivity contribution in [2.45, 2.75) is 74.8 Å². The monoisotopic (exact) mass is 648 g/mol. The van der Waals surface area contributed by atoms with Crippen LogP contribution in [0.2, 0.25) is 0 Å². The first-order valence-electron chi connectivity index (χ1n) is 16.4. The molecule has 1 N–H and O–H groups in total. The Balaban J connectivity index is 1.38. The molecule has 4 aliphatic rings. The molecular weight excluding hydrogens is 607 g/mol. The molecule has 3 fully saturated rings. The van der Waals surface area contributed by atoms with E-state index in [1.165, 1.54) is 12.1 Å². The fraction of sp³-hybridized carbons (Fsp3) is 0.472. The van der Waals surface area contributed by atoms with E-state index in [1.54, 1.807) is 17.4 Å². The average Bonchev–Trinajstić information content (AvgIpc) is 3.13. The van der Waals surface area contributed by atoms with Crippen molar-refractivity contribution >= 4 is 27.4 Å². The maximum Gasteiger partial charge on any atom is 0.338 e. The second-order valence-electron chi connectivity index (χ2n) is 13.5. The molecular formula is C36H41FN2O6S. The number of carbonyl (C=O) groups is 1. The molecule has 2 saturated carbocycles. The second kappa shape index (κ2) is 12.3. The predicted molar refractivity (Wildman–Crippen MR) is 174 cm³/mol. The average molecular weight is 649 g/mol. The van der Waals surface area contributed by atoms with Gasteiger partial charge < -0.3 is 19.5 Å². The summed E-state index contributed by atoms with van der Waals surface area (Å²) in [6.07, 6.45) is 8.90. The standard InChI is InChI=1S/C36H41FN2O6S/c1-38-32(24-8-4-2-5-9-24)23-39(26-10-6-3-7-11-26)31-20-33(45-27-21-36(22-27)14-16-44-17-15-36)28(19-34(31)46(38,42)43)25-12-13-30(37)29(18-25)35(40)41/h3,6-7,10-13,18-20,24,27,32H,2,4-5,8-9,14-17,21-23H2,1H3,(H,40,41)/t32-/m0/s1. The van der Waals surface area contributed by atoms with Crippen LogP contribution in [0.25, 0.3) is 11.1 Å². The minimum Gasteiger partial charge on any atom is -0.490 e. The summed E-state index contributed by atoms with van der Waals surface area (Å²) in [7, 11) is -2.31. The van der Waals surface area contributed by atoms with Crippen molar-refractivity contribution in [3.05, 3.63) is 72.0 Å². The number of hydrogen-bond acceptors (Lipinski definition) is 6. The SMILES string of the molecule is CN1[C@H](C2CCCCC2)CN(c2ccccc2)c2cc(OC3CC4(CCOCC4)C3)c(-c3ccc(F)c(C(=O)O)c3)cc2S1(=O)=O. The van der Waals surface area contributed by atoms with Crippen LogP contribution in [0.5, 0.6) is 5.75 Å². The molecule has 46 heavy (non-hydrogen) atoms. The number of nitrogens with zero attached hydrogens (tertiary/aromatic N) is 2. The Hall–Kier alpha value is -3.47. The molecule has 2 aliphatic carbocycles. The van der Waals surface area contributed by atoms with E-state index in [-0.39, 0.29) is 28.4 Å². The van der Waals surface area contributed by atoms with Crippen LogP contribution >= 0.6 is 0 Å². The summed E-state index contributed by atoms with van der Waals surface area (Å²) in [5, 5.41) is 9.71. The number of anilines is 2. The van der Waals surface area contributed by atoms with Crippen LogP contribution in [0.15, 0.2) is 65.6 Å². The van der Waals surface area contributed by atoms with Crippen molar-refractivity contribution in [3.8, 4) is 16.9 Å². The zero-order chi connectivity index (χ0) is 32.1. The minimum atomic E-state index is -3.99. The summed E-state index contributed by atoms with van der Waals surface area (Å²) in [5.41, 5.74) is 1.93. The zero-order valence-electron chi connectivity index (χ0n) is 26.2. The number of rotatable bonds is 6. The predicted octanol–water partition coefficient (Wildman–Crippen LogP) is 7.25. The highest BCUT2D eigenvalue weighted by atomic mass is 32.2. The highest BCUT2D eigenvalue weighted by Gasteiger charge is 2.47. The van der Waals surface area contributed by atoms with Crippen molar-refractivity contribution in [3.63, 3.8) is 0 Å². The van der Waals surface area contributed by atoms with E-state index in [4.69, 9.17) is 9.47 Å². The van der Waals surface area contributed by atoms with Crippen molar-refractivity contribution < 1.29 is 32.2 Å². The first-order valence-corrected chi connectivity index (χ1v) is 17.9. The number of fused-ring (bicyclic) bond motifs is 1. The quantitative estimate of drug-likeness (QED) is 0.301. The number of likely N-dealkylation sites (N-methyl/N-ethyl adjacent to an activating group) is 1. The normalized spacial score (nSPS) is 23.3. The molecule has 8 nitrogen and oxygen atoms in total. The van der Waals surface area contributed by atoms with Gasteiger partial charge in [0.15, 0.2) is 0 Å². The fourth-order valence-electron chi connectivity index (χ4n) is 8.08. The van der Waals surface area contributed by atoms with Gasteiger partial charge in [0.1, 0.15) is 16.5 Å². The lowest BCUT2D eigenvalue weighted by Crippen LogP contribution is -2.47. The van der Waals surface area contributed by atoms with Gasteiger partial charge in [0, 0.05) is 50.2 Å². The van der Waals surface area contributed by atoms with Gasteiger partial charge in [0.05, 0.1) is 17.4 Å². The van der Waals surface area contributed by atoms with E-state index in [0.29, 0.717) is 29.1 Å². The lowest BCUT2D eigenvalue weighted by molar-refractivity contribution is -0.0856. The molecule has 7 rings (SSSR count). The van der Waals surface area contributed by atoms with Crippen molar-refractivity contribution in [1.29, 1.82) is 0 Å². The minimum absolute atomic E-state index is 0.0838. The molecule has 2 aliphatic heterocycles. The van der Waals surface area contributed by atoms with Gasteiger partial charge in [0.25, 0.3) is 0 Å². The van der Waals surface area contributed by atoms with Gasteiger partial charge in [-0.05, 0) is 85.8 Å². The number of carboxylic acid groups (broad SMARTS) is 1. The number of benzene rings is 3. The molecule has 1 saturated heterocycles. The van der Waals surface area contributed by atoms with E-state index in [9.17, 15) is 22.7 Å². The number of halogens is 1. The molecule has 3 aromatic carbocycles. The molecule has 0 unspecified atom stereocenters. The van der Waals surface area contributed by atoms with Crippen LogP contribution in [0, 0.1) is 17.2 Å². The Kier molecular flexibility index (Phi) is 8.32. The van der Waals surface area contributed by atoms with Gasteiger partial charge in [-0.1, -0.05) is 43.5 Å². The van der Waals surface area contributed by atoms with Crippen LogP contribution in [0.1, 0.15) is 68.1 Å². The van der Waals surface area contributed by atoms with Gasteiger partial charge in [-0.15, -0.1) is 0 Å². The molecule has 0 radical (unpaired) electrons. The Morgan fingerprint density at radius 2 is 1.72 bits per heavy atom. The van der Waals surface area contributed by atoms with Crippen molar-refractivity contribution in [2.24, 2.45) is 11.3 Å². The van der Waals surface area contributed by atoms with Crippen molar-refractivity contribution in [2.75, 3.05) is 31.7 Å². The number of carboxylic acids is 1. The largest absolute Gasteiger partial charge is 0.490 e. The Labute approximate surface area is 270 Å². The smallest absolute Gasteiger partial charge is 0.338 e. The van der Waals surface area contributed by atoms with Crippen LogP contribution in [-0.2, 0) is 14.8 Å². The van der Waals surface area contributed by atoms with Crippen LogP contribution in [-0.4, -0.2) is 62.8 Å². The van der Waals surface area contributed by atoms with Gasteiger partial charge in [0.2, 0.25) is 10.0 Å². The van der Waals surface area contributed by atoms with Crippen LogP contribution in [0.4, 0.5) is 15.8 Å². The Morgan fingerprint density at radius 3 is 2.41 bits per heavy atom. The summed E-state index contributed by atoms with van der Waals surface area (Å²) >= 11 is 0. The summed E-state index contributed by atoms with van der Waals surface area (Å²) in [6.45, 7) is 1.97. The molecule has 0 amide bonds. The van der Waals surface area contributed by atoms with E-state index in [0.717, 1.165) is 82.8 Å². The molecule has 1 atom stereocenters. The molecule has 1 spiro atoms. The number of aromatic carboxylic acids is 1. The lowest BCUT2D eigenvalue weighted by Gasteiger charge is -2.49. The number of hydrogen-bond donors (Lipinski definition) is 1. The lowest BCUT2D eigenvalue weighted by atomic mass is 9.62. The summed E-state index contributed by atoms with van der Waals surface area (Å²) < 4.78 is 57.5. The first kappa shape index (κ1) is 31.1. The number of sulfonamides is 1. The maximum atomic E-state index is 14.6. The fourth-order valence-corrected chi connectivity index (χ4v) is 9.69. The summed E-state index contributed by atoms with van der Waals surface area (Å²) in [6, 6.07) is 16.9. The van der Waals surface area contributed by atoms with Gasteiger partial charge in [-0.25, -0.2) is 17.6 Å². The summed E-state index contributed by atoms with van der Waals surface area (Å²) in [5.74, 6) is -1.56. The second-order valence-corrected chi connectivity index (χ2v) is 15.5. The van der Waals surface area contributed by atoms with Crippen LogP contribution in [0.3, 0.4) is 0 Å². The van der Waals surface area contributed by atoms with E-state index in [1.807, 2.05) is 36.4 Å². The van der Waals surface area contributed by atoms with Crippen molar-refractivity contribution in [1.82, 2.24) is 4.31 Å². The molecule has 0 aromatic heterocycles. The highest BCUT2D eigenvalue weighted by molar-refractivity contribution is 7.89. The first-order chi connectivity index (χ1) is 22.1. The van der Waals surface area contributed by atoms with Gasteiger partial charge >= 0.3 is 5.97 Å². The van der Waals surface area contributed by atoms with Gasteiger partial charge in [-0.2, -0.15) is 4.31 Å². The molecule has 2 heterocycles. The third kappa shape index (κ3) is 5.69. The van der Waals surface area contributed by atoms with Gasteiger partial charge in [-0.3, -0.25) is 0 Å². The Bertz CT molecular complexity index is 1710. The molecule has 3 aromatic rings. The Morgan fingerprint density at radius 1 is 1.00 bits per heavy atom.